The summed E-state index contributed by atoms with van der Waals surface area (Å²) in [5, 5.41) is 3.07. The third-order valence-electron chi connectivity index (χ3n) is 2.60. The molecule has 0 atom stereocenters. The Morgan fingerprint density at radius 2 is 2.14 bits per heavy atom. The fraction of sp³-hybridized carbons (Fsp3) is 0.900. The van der Waals surface area contributed by atoms with E-state index < -0.39 is 0 Å². The molecule has 0 aromatic rings. The van der Waals surface area contributed by atoms with Gasteiger partial charge in [0.25, 0.3) is 0 Å². The van der Waals surface area contributed by atoms with Gasteiger partial charge in [-0.05, 0) is 27.3 Å². The van der Waals surface area contributed by atoms with Gasteiger partial charge in [-0.2, -0.15) is 0 Å². The summed E-state index contributed by atoms with van der Waals surface area (Å²) in [5.74, 6) is 0. The van der Waals surface area contributed by atoms with E-state index >= 15 is 0 Å². The highest BCUT2D eigenvalue weighted by Gasteiger charge is 2.26. The number of urea groups is 1. The van der Waals surface area contributed by atoms with E-state index in [1.54, 1.807) is 0 Å². The minimum Gasteiger partial charge on any atom is -0.323 e. The lowest BCUT2D eigenvalue weighted by Gasteiger charge is -2.37. The first-order valence-electron chi connectivity index (χ1n) is 5.37. The quantitative estimate of drug-likeness (QED) is 0.725. The lowest BCUT2D eigenvalue weighted by molar-refractivity contribution is 0.116. The fourth-order valence-electron chi connectivity index (χ4n) is 1.74. The SMILES string of the molecule is CNCCN1CCCN(C(C)C)C1=O. The van der Waals surface area contributed by atoms with Gasteiger partial charge >= 0.3 is 6.03 Å². The average molecular weight is 199 g/mol. The molecular weight excluding hydrogens is 178 g/mol. The summed E-state index contributed by atoms with van der Waals surface area (Å²) in [6.07, 6.45) is 1.09. The van der Waals surface area contributed by atoms with Gasteiger partial charge in [-0.1, -0.05) is 0 Å². The van der Waals surface area contributed by atoms with Gasteiger partial charge in [0.05, 0.1) is 0 Å². The first-order valence-corrected chi connectivity index (χ1v) is 5.37. The predicted molar refractivity (Wildman–Crippen MR) is 57.4 cm³/mol. The molecule has 0 radical (unpaired) electrons. The molecule has 4 heteroatoms. The minimum absolute atomic E-state index is 0.196. The molecule has 1 aliphatic rings. The number of nitrogens with zero attached hydrogens (tertiary/aromatic N) is 2. The van der Waals surface area contributed by atoms with Crippen molar-refractivity contribution in [1.29, 1.82) is 0 Å². The molecule has 0 spiro atoms. The zero-order chi connectivity index (χ0) is 10.6. The van der Waals surface area contributed by atoms with Crippen molar-refractivity contribution in [3.05, 3.63) is 0 Å². The van der Waals surface area contributed by atoms with E-state index in [4.69, 9.17) is 0 Å². The highest BCUT2D eigenvalue weighted by Crippen LogP contribution is 2.11. The first-order chi connectivity index (χ1) is 6.66. The van der Waals surface area contributed by atoms with Crippen LogP contribution in [-0.2, 0) is 0 Å². The van der Waals surface area contributed by atoms with Crippen molar-refractivity contribution in [2.75, 3.05) is 33.2 Å². The number of carbonyl (C=O) groups excluding carboxylic acids is 1. The summed E-state index contributed by atoms with van der Waals surface area (Å²) in [6, 6.07) is 0.515. The number of hydrogen-bond donors (Lipinski definition) is 1. The second-order valence-electron chi connectivity index (χ2n) is 4.01. The van der Waals surface area contributed by atoms with Crippen LogP contribution < -0.4 is 5.32 Å². The summed E-state index contributed by atoms with van der Waals surface area (Å²) in [7, 11) is 1.91. The highest BCUT2D eigenvalue weighted by atomic mass is 16.2. The molecule has 1 fully saturated rings. The van der Waals surface area contributed by atoms with Crippen LogP contribution in [0.3, 0.4) is 0 Å². The van der Waals surface area contributed by atoms with Crippen LogP contribution in [0.1, 0.15) is 20.3 Å². The molecule has 1 saturated heterocycles. The van der Waals surface area contributed by atoms with Crippen molar-refractivity contribution in [3.8, 4) is 0 Å². The Hall–Kier alpha value is -0.770. The second-order valence-corrected chi connectivity index (χ2v) is 4.01. The average Bonchev–Trinajstić information content (AvgIpc) is 2.16. The van der Waals surface area contributed by atoms with Gasteiger partial charge < -0.3 is 15.1 Å². The van der Waals surface area contributed by atoms with Crippen molar-refractivity contribution in [1.82, 2.24) is 15.1 Å². The van der Waals surface area contributed by atoms with Crippen molar-refractivity contribution in [2.45, 2.75) is 26.3 Å². The Bertz CT molecular complexity index is 194. The van der Waals surface area contributed by atoms with E-state index in [-0.39, 0.29) is 6.03 Å². The van der Waals surface area contributed by atoms with Crippen LogP contribution in [0, 0.1) is 0 Å². The summed E-state index contributed by atoms with van der Waals surface area (Å²) < 4.78 is 0. The third-order valence-corrected chi connectivity index (χ3v) is 2.60. The fourth-order valence-corrected chi connectivity index (χ4v) is 1.74. The highest BCUT2D eigenvalue weighted by molar-refractivity contribution is 5.75. The summed E-state index contributed by atoms with van der Waals surface area (Å²) in [4.78, 5) is 15.8. The maximum atomic E-state index is 11.9. The van der Waals surface area contributed by atoms with Crippen molar-refractivity contribution in [2.24, 2.45) is 0 Å². The molecule has 2 amide bonds. The minimum atomic E-state index is 0.196. The van der Waals surface area contributed by atoms with E-state index in [2.05, 4.69) is 19.2 Å². The van der Waals surface area contributed by atoms with E-state index in [0.29, 0.717) is 6.04 Å². The van der Waals surface area contributed by atoms with Crippen LogP contribution in [0.4, 0.5) is 4.79 Å². The van der Waals surface area contributed by atoms with E-state index in [0.717, 1.165) is 32.6 Å². The standard InChI is InChI=1S/C10H21N3O/c1-9(2)13-7-4-6-12(10(13)14)8-5-11-3/h9,11H,4-8H2,1-3H3. The van der Waals surface area contributed by atoms with E-state index in [1.807, 2.05) is 16.8 Å². The Balaban J connectivity index is 2.48. The van der Waals surface area contributed by atoms with Gasteiger partial charge in [0.1, 0.15) is 0 Å². The molecule has 1 aliphatic heterocycles. The van der Waals surface area contributed by atoms with Crippen molar-refractivity contribution < 1.29 is 4.79 Å². The molecular formula is C10H21N3O. The van der Waals surface area contributed by atoms with Crippen LogP contribution in [0.2, 0.25) is 0 Å². The van der Waals surface area contributed by atoms with Gasteiger partial charge in [0.2, 0.25) is 0 Å². The van der Waals surface area contributed by atoms with Crippen LogP contribution in [-0.4, -0.2) is 55.1 Å². The van der Waals surface area contributed by atoms with Crippen LogP contribution in [0.5, 0.6) is 0 Å². The molecule has 1 heterocycles. The number of carbonyl (C=O) groups is 1. The molecule has 4 nitrogen and oxygen atoms in total. The van der Waals surface area contributed by atoms with Gasteiger partial charge in [-0.25, -0.2) is 4.79 Å². The third kappa shape index (κ3) is 2.61. The Labute approximate surface area is 86.2 Å². The maximum Gasteiger partial charge on any atom is 0.320 e. The largest absolute Gasteiger partial charge is 0.323 e. The van der Waals surface area contributed by atoms with E-state index in [1.165, 1.54) is 0 Å². The number of rotatable bonds is 4. The van der Waals surface area contributed by atoms with Crippen LogP contribution in [0.15, 0.2) is 0 Å². The lowest BCUT2D eigenvalue weighted by Crippen LogP contribution is -2.53. The first kappa shape index (κ1) is 11.3. The Kier molecular flexibility index (Phi) is 4.20. The topological polar surface area (TPSA) is 35.6 Å². The molecule has 0 aliphatic carbocycles. The van der Waals surface area contributed by atoms with E-state index in [9.17, 15) is 4.79 Å². The summed E-state index contributed by atoms with van der Waals surface area (Å²) >= 11 is 0. The van der Waals surface area contributed by atoms with Gasteiger partial charge in [-0.15, -0.1) is 0 Å². The molecule has 0 unspecified atom stereocenters. The van der Waals surface area contributed by atoms with Gasteiger partial charge in [-0.3, -0.25) is 0 Å². The van der Waals surface area contributed by atoms with Gasteiger partial charge in [0.15, 0.2) is 0 Å². The molecule has 0 saturated carbocycles. The smallest absolute Gasteiger partial charge is 0.320 e. The number of nitrogens with one attached hydrogen (secondary N) is 1. The van der Waals surface area contributed by atoms with Crippen molar-refractivity contribution >= 4 is 6.03 Å². The molecule has 82 valence electrons. The lowest BCUT2D eigenvalue weighted by atomic mass is 10.2. The maximum absolute atomic E-state index is 11.9. The zero-order valence-corrected chi connectivity index (χ0v) is 9.42. The zero-order valence-electron chi connectivity index (χ0n) is 9.42. The van der Waals surface area contributed by atoms with Crippen LogP contribution >= 0.6 is 0 Å². The van der Waals surface area contributed by atoms with Crippen LogP contribution in [0.25, 0.3) is 0 Å². The summed E-state index contributed by atoms with van der Waals surface area (Å²) in [5.41, 5.74) is 0. The Morgan fingerprint density at radius 1 is 1.43 bits per heavy atom. The monoisotopic (exact) mass is 199 g/mol. The molecule has 0 aromatic heterocycles. The van der Waals surface area contributed by atoms with Crippen molar-refractivity contribution in [3.63, 3.8) is 0 Å². The van der Waals surface area contributed by atoms with Gasteiger partial charge in [0, 0.05) is 32.2 Å². The second kappa shape index (κ2) is 5.20. The predicted octanol–water partition coefficient (Wildman–Crippen LogP) is 0.742. The normalized spacial score (nSPS) is 18.1. The summed E-state index contributed by atoms with van der Waals surface area (Å²) in [6.45, 7) is 7.64. The molecule has 14 heavy (non-hydrogen) atoms. The Morgan fingerprint density at radius 3 is 2.71 bits per heavy atom. The molecule has 0 aromatic carbocycles. The number of hydrogen-bond acceptors (Lipinski definition) is 2. The number of likely N-dealkylation sites (N-methyl/N-ethyl adjacent to an activating group) is 1. The molecule has 0 bridgehead atoms. The molecule has 1 N–H and O–H groups in total. The number of amides is 2. The molecule has 1 rings (SSSR count).